The lowest BCUT2D eigenvalue weighted by atomic mass is 10.1. The van der Waals surface area contributed by atoms with E-state index >= 15 is 0 Å². The predicted octanol–water partition coefficient (Wildman–Crippen LogP) is 3.63. The van der Waals surface area contributed by atoms with Crippen LogP contribution in [0.5, 0.6) is 0 Å². The predicted molar refractivity (Wildman–Crippen MR) is 95.4 cm³/mol. The fourth-order valence-electron chi connectivity index (χ4n) is 2.01. The number of anilines is 2. The molecule has 0 aliphatic heterocycles. The summed E-state index contributed by atoms with van der Waals surface area (Å²) in [7, 11) is 1.33. The fourth-order valence-corrected chi connectivity index (χ4v) is 2.47. The zero-order valence-electron chi connectivity index (χ0n) is 13.7. The van der Waals surface area contributed by atoms with Crippen molar-refractivity contribution in [3.8, 4) is 0 Å². The van der Waals surface area contributed by atoms with Crippen molar-refractivity contribution >= 4 is 46.5 Å². The number of nitrogens with one attached hydrogen (secondary N) is 3. The maximum absolute atomic E-state index is 13.4. The van der Waals surface area contributed by atoms with Gasteiger partial charge in [-0.3, -0.25) is 9.59 Å². The maximum Gasteiger partial charge on any atom is 0.417 e. The van der Waals surface area contributed by atoms with Gasteiger partial charge >= 0.3 is 6.18 Å². The number of hydrogen-bond donors (Lipinski definition) is 3. The van der Waals surface area contributed by atoms with Crippen LogP contribution in [-0.4, -0.2) is 30.4 Å². The third-order valence-electron chi connectivity index (χ3n) is 3.34. The summed E-state index contributed by atoms with van der Waals surface area (Å²) in [6.07, 6.45) is -4.04. The van der Waals surface area contributed by atoms with Crippen molar-refractivity contribution in [1.29, 1.82) is 0 Å². The number of nitrogens with zero attached hydrogens (tertiary/aromatic N) is 1. The molecule has 0 atom stereocenters. The molecule has 0 bridgehead atoms. The molecule has 1 aromatic heterocycles. The number of amides is 2. The molecule has 0 radical (unpaired) electrons. The highest BCUT2D eigenvalue weighted by Gasteiger charge is 2.36. The van der Waals surface area contributed by atoms with Crippen LogP contribution in [0.25, 0.3) is 0 Å². The molecule has 0 unspecified atom stereocenters. The second-order valence-electron chi connectivity index (χ2n) is 5.22. The van der Waals surface area contributed by atoms with E-state index in [-0.39, 0.29) is 10.8 Å². The molecule has 2 aromatic rings. The number of likely N-dealkylation sites (N-methyl/N-ethyl adjacent to an activating group) is 1. The number of halogens is 5. The van der Waals surface area contributed by atoms with E-state index in [1.165, 1.54) is 25.2 Å². The lowest BCUT2D eigenvalue weighted by molar-refractivity contribution is -0.137. The van der Waals surface area contributed by atoms with E-state index in [4.69, 9.17) is 23.2 Å². The smallest absolute Gasteiger partial charge is 0.358 e. The number of carbonyl (C=O) groups excluding carboxylic acids is 2. The zero-order chi connectivity index (χ0) is 20.2. The molecule has 3 N–H and O–H groups in total. The molecule has 11 heteroatoms. The Morgan fingerprint density at radius 2 is 1.89 bits per heavy atom. The highest BCUT2D eigenvalue weighted by atomic mass is 35.5. The maximum atomic E-state index is 13.4. The van der Waals surface area contributed by atoms with Crippen LogP contribution in [0.15, 0.2) is 30.5 Å². The van der Waals surface area contributed by atoms with Crippen LogP contribution in [0.2, 0.25) is 10.0 Å². The first-order valence-corrected chi connectivity index (χ1v) is 8.15. The Kier molecular flexibility index (Phi) is 6.50. The van der Waals surface area contributed by atoms with Crippen molar-refractivity contribution in [3.63, 3.8) is 0 Å². The summed E-state index contributed by atoms with van der Waals surface area (Å²) in [5, 5.41) is 7.52. The minimum Gasteiger partial charge on any atom is -0.358 e. The van der Waals surface area contributed by atoms with Gasteiger partial charge in [-0.15, -0.1) is 0 Å². The van der Waals surface area contributed by atoms with Gasteiger partial charge in [0.05, 0.1) is 28.4 Å². The van der Waals surface area contributed by atoms with Gasteiger partial charge in [-0.1, -0.05) is 23.2 Å². The number of hydrogen-bond acceptors (Lipinski definition) is 4. The van der Waals surface area contributed by atoms with Gasteiger partial charge in [-0.2, -0.15) is 13.2 Å². The third kappa shape index (κ3) is 5.48. The van der Waals surface area contributed by atoms with E-state index in [1.807, 2.05) is 0 Å². The molecular formula is C16H13Cl2F3N4O2. The van der Waals surface area contributed by atoms with Crippen molar-refractivity contribution in [2.24, 2.45) is 0 Å². The Morgan fingerprint density at radius 3 is 2.48 bits per heavy atom. The fraction of sp³-hybridized carbons (Fsp3) is 0.188. The van der Waals surface area contributed by atoms with Crippen LogP contribution in [-0.2, 0) is 11.0 Å². The topological polar surface area (TPSA) is 83.1 Å². The van der Waals surface area contributed by atoms with Crippen molar-refractivity contribution < 1.29 is 22.8 Å². The largest absolute Gasteiger partial charge is 0.417 e. The molecule has 27 heavy (non-hydrogen) atoms. The van der Waals surface area contributed by atoms with Crippen molar-refractivity contribution in [1.82, 2.24) is 15.6 Å². The molecule has 144 valence electrons. The Balaban J connectivity index is 2.32. The van der Waals surface area contributed by atoms with Gasteiger partial charge in [0.25, 0.3) is 5.91 Å². The number of aromatic nitrogens is 1. The second-order valence-corrected chi connectivity index (χ2v) is 6.06. The van der Waals surface area contributed by atoms with Gasteiger partial charge in [0, 0.05) is 18.3 Å². The Hall–Kier alpha value is -2.52. The molecule has 0 spiro atoms. The standard InChI is InChI=1S/C16H13Cl2F3N4O2/c1-22-14(26)7-24-15(27)9-6-23-13(5-10(9)16(19,20)21)25-12-3-2-8(17)4-11(12)18/h2-6H,7H2,1H3,(H,22,26)(H,23,25)(H,24,27). The molecule has 2 rings (SSSR count). The molecule has 0 saturated carbocycles. The summed E-state index contributed by atoms with van der Waals surface area (Å²) in [6.45, 7) is -0.465. The van der Waals surface area contributed by atoms with Gasteiger partial charge in [0.2, 0.25) is 5.91 Å². The minimum atomic E-state index is -4.82. The molecule has 1 aromatic carbocycles. The highest BCUT2D eigenvalue weighted by Crippen LogP contribution is 2.34. The van der Waals surface area contributed by atoms with Gasteiger partial charge < -0.3 is 16.0 Å². The zero-order valence-corrected chi connectivity index (χ0v) is 15.3. The molecule has 0 fully saturated rings. The van der Waals surface area contributed by atoms with Gasteiger partial charge in [0.15, 0.2) is 0 Å². The number of alkyl halides is 3. The normalized spacial score (nSPS) is 11.0. The van der Waals surface area contributed by atoms with E-state index in [9.17, 15) is 22.8 Å². The van der Waals surface area contributed by atoms with E-state index in [2.05, 4.69) is 20.9 Å². The first-order chi connectivity index (χ1) is 12.6. The van der Waals surface area contributed by atoms with E-state index in [0.717, 1.165) is 6.20 Å². The third-order valence-corrected chi connectivity index (χ3v) is 3.88. The van der Waals surface area contributed by atoms with Crippen molar-refractivity contribution in [2.45, 2.75) is 6.18 Å². The van der Waals surface area contributed by atoms with E-state index in [0.29, 0.717) is 16.8 Å². The molecule has 0 aliphatic carbocycles. The summed E-state index contributed by atoms with van der Waals surface area (Å²) >= 11 is 11.8. The van der Waals surface area contributed by atoms with Crippen molar-refractivity contribution in [3.05, 3.63) is 51.6 Å². The lowest BCUT2D eigenvalue weighted by Gasteiger charge is -2.15. The van der Waals surface area contributed by atoms with Crippen LogP contribution in [0.1, 0.15) is 15.9 Å². The number of rotatable bonds is 5. The van der Waals surface area contributed by atoms with Crippen LogP contribution in [0, 0.1) is 0 Å². The molecule has 0 saturated heterocycles. The Labute approximate surface area is 162 Å². The van der Waals surface area contributed by atoms with Crippen LogP contribution < -0.4 is 16.0 Å². The summed E-state index contributed by atoms with van der Waals surface area (Å²) in [6, 6.07) is 5.07. The summed E-state index contributed by atoms with van der Waals surface area (Å²) in [5.74, 6) is -1.80. The molecule has 1 heterocycles. The molecule has 6 nitrogen and oxygen atoms in total. The molecular weight excluding hydrogens is 408 g/mol. The van der Waals surface area contributed by atoms with Crippen LogP contribution in [0.3, 0.4) is 0 Å². The number of pyridine rings is 1. The highest BCUT2D eigenvalue weighted by molar-refractivity contribution is 6.36. The van der Waals surface area contributed by atoms with Crippen LogP contribution in [0.4, 0.5) is 24.7 Å². The van der Waals surface area contributed by atoms with Crippen molar-refractivity contribution in [2.75, 3.05) is 18.9 Å². The van der Waals surface area contributed by atoms with Gasteiger partial charge in [-0.05, 0) is 24.3 Å². The minimum absolute atomic E-state index is 0.172. The van der Waals surface area contributed by atoms with E-state index < -0.39 is 35.7 Å². The monoisotopic (exact) mass is 420 g/mol. The quantitative estimate of drug-likeness (QED) is 0.689. The average molecular weight is 421 g/mol. The first kappa shape index (κ1) is 20.8. The van der Waals surface area contributed by atoms with Gasteiger partial charge in [0.1, 0.15) is 5.82 Å². The lowest BCUT2D eigenvalue weighted by Crippen LogP contribution is -2.36. The summed E-state index contributed by atoms with van der Waals surface area (Å²) < 4.78 is 40.1. The average Bonchev–Trinajstić information content (AvgIpc) is 2.61. The SMILES string of the molecule is CNC(=O)CNC(=O)c1cnc(Nc2ccc(Cl)cc2Cl)cc1C(F)(F)F. The number of carbonyl (C=O) groups is 2. The number of benzene rings is 1. The Morgan fingerprint density at radius 1 is 1.19 bits per heavy atom. The second kappa shape index (κ2) is 8.45. The van der Waals surface area contributed by atoms with Gasteiger partial charge in [-0.25, -0.2) is 4.98 Å². The molecule has 2 amide bonds. The summed E-state index contributed by atoms with van der Waals surface area (Å²) in [5.41, 5.74) is -1.63. The van der Waals surface area contributed by atoms with Crippen LogP contribution >= 0.6 is 23.2 Å². The Bertz CT molecular complexity index is 875. The first-order valence-electron chi connectivity index (χ1n) is 7.40. The molecule has 0 aliphatic rings. The summed E-state index contributed by atoms with van der Waals surface area (Å²) in [4.78, 5) is 27.0. The van der Waals surface area contributed by atoms with E-state index in [1.54, 1.807) is 0 Å².